The van der Waals surface area contributed by atoms with E-state index in [0.717, 1.165) is 13.0 Å². The van der Waals surface area contributed by atoms with E-state index in [9.17, 15) is 5.11 Å². The van der Waals surface area contributed by atoms with E-state index in [1.165, 1.54) is 16.7 Å². The number of aliphatic hydroxyl groups excluding tert-OH is 1. The lowest BCUT2D eigenvalue weighted by Crippen LogP contribution is -2.07. The predicted octanol–water partition coefficient (Wildman–Crippen LogP) is 2.53. The quantitative estimate of drug-likeness (QED) is 0.877. The van der Waals surface area contributed by atoms with Gasteiger partial charge in [-0.2, -0.15) is 5.10 Å². The fourth-order valence-corrected chi connectivity index (χ4v) is 2.10. The lowest BCUT2D eigenvalue weighted by Gasteiger charge is -2.13. The molecule has 1 aromatic carbocycles. The van der Waals surface area contributed by atoms with Gasteiger partial charge in [-0.15, -0.1) is 0 Å². The molecule has 1 unspecified atom stereocenters. The van der Waals surface area contributed by atoms with Gasteiger partial charge in [-0.25, -0.2) is 0 Å². The highest BCUT2D eigenvalue weighted by Crippen LogP contribution is 2.20. The molecule has 0 aliphatic heterocycles. The number of benzene rings is 1. The Morgan fingerprint density at radius 2 is 2.00 bits per heavy atom. The van der Waals surface area contributed by atoms with Crippen molar-refractivity contribution in [3.8, 4) is 0 Å². The van der Waals surface area contributed by atoms with E-state index in [1.807, 2.05) is 10.9 Å². The van der Waals surface area contributed by atoms with Gasteiger partial charge in [-0.05, 0) is 31.4 Å². The second-order valence-corrected chi connectivity index (χ2v) is 4.70. The summed E-state index contributed by atoms with van der Waals surface area (Å²) in [5.74, 6) is 0.153. The van der Waals surface area contributed by atoms with Crippen LogP contribution in [0, 0.1) is 6.92 Å². The molecule has 3 nitrogen and oxygen atoms in total. The first-order valence-electron chi connectivity index (χ1n) is 6.41. The predicted molar refractivity (Wildman–Crippen MR) is 72.6 cm³/mol. The van der Waals surface area contributed by atoms with Gasteiger partial charge in [0.25, 0.3) is 0 Å². The number of rotatable bonds is 5. The molecule has 1 atom stereocenters. The maximum absolute atomic E-state index is 9.55. The van der Waals surface area contributed by atoms with E-state index in [-0.39, 0.29) is 12.5 Å². The van der Waals surface area contributed by atoms with Crippen LogP contribution in [0.5, 0.6) is 0 Å². The molecule has 1 aromatic heterocycles. The zero-order valence-electron chi connectivity index (χ0n) is 11.0. The van der Waals surface area contributed by atoms with Gasteiger partial charge in [0.15, 0.2) is 0 Å². The molecule has 0 saturated heterocycles. The standard InChI is InChI=1S/C15H20N2O/c1-3-17-10-13(9-16-17)8-15(11-18)14-6-4-12(2)5-7-14/h4-7,9-10,15,18H,3,8,11H2,1-2H3. The van der Waals surface area contributed by atoms with Crippen LogP contribution in [0.15, 0.2) is 36.7 Å². The molecule has 0 amide bonds. The third-order valence-corrected chi connectivity index (χ3v) is 3.26. The van der Waals surface area contributed by atoms with E-state index < -0.39 is 0 Å². The van der Waals surface area contributed by atoms with Crippen LogP contribution in [0.3, 0.4) is 0 Å². The van der Waals surface area contributed by atoms with Crippen molar-refractivity contribution in [2.24, 2.45) is 0 Å². The highest BCUT2D eigenvalue weighted by atomic mass is 16.3. The summed E-state index contributed by atoms with van der Waals surface area (Å²) < 4.78 is 1.92. The molecule has 0 saturated carbocycles. The first-order valence-corrected chi connectivity index (χ1v) is 6.41. The zero-order chi connectivity index (χ0) is 13.0. The van der Waals surface area contributed by atoms with Crippen molar-refractivity contribution in [2.75, 3.05) is 6.61 Å². The molecule has 1 heterocycles. The topological polar surface area (TPSA) is 38.0 Å². The van der Waals surface area contributed by atoms with E-state index in [1.54, 1.807) is 0 Å². The van der Waals surface area contributed by atoms with Crippen LogP contribution in [-0.2, 0) is 13.0 Å². The Morgan fingerprint density at radius 3 is 2.56 bits per heavy atom. The Kier molecular flexibility index (Phi) is 4.15. The highest BCUT2D eigenvalue weighted by Gasteiger charge is 2.12. The Labute approximate surface area is 108 Å². The summed E-state index contributed by atoms with van der Waals surface area (Å²) in [4.78, 5) is 0. The molecular formula is C15H20N2O. The van der Waals surface area contributed by atoms with E-state index in [2.05, 4.69) is 49.4 Å². The fourth-order valence-electron chi connectivity index (χ4n) is 2.10. The van der Waals surface area contributed by atoms with Gasteiger partial charge in [-0.3, -0.25) is 4.68 Å². The zero-order valence-corrected chi connectivity index (χ0v) is 11.0. The molecule has 18 heavy (non-hydrogen) atoms. The van der Waals surface area contributed by atoms with Crippen molar-refractivity contribution in [3.05, 3.63) is 53.3 Å². The molecule has 96 valence electrons. The summed E-state index contributed by atoms with van der Waals surface area (Å²) in [6.07, 6.45) is 4.77. The number of nitrogens with zero attached hydrogens (tertiary/aromatic N) is 2. The Hall–Kier alpha value is -1.61. The second-order valence-electron chi connectivity index (χ2n) is 4.70. The minimum absolute atomic E-state index is 0.153. The smallest absolute Gasteiger partial charge is 0.0521 e. The van der Waals surface area contributed by atoms with Crippen LogP contribution in [0.1, 0.15) is 29.5 Å². The van der Waals surface area contributed by atoms with E-state index >= 15 is 0 Å². The van der Waals surface area contributed by atoms with E-state index in [0.29, 0.717) is 0 Å². The summed E-state index contributed by atoms with van der Waals surface area (Å²) in [6.45, 7) is 5.19. The van der Waals surface area contributed by atoms with Gasteiger partial charge in [0.05, 0.1) is 12.8 Å². The maximum atomic E-state index is 9.55. The Morgan fingerprint density at radius 1 is 1.28 bits per heavy atom. The van der Waals surface area contributed by atoms with Gasteiger partial charge < -0.3 is 5.11 Å². The average Bonchev–Trinajstić information content (AvgIpc) is 2.85. The average molecular weight is 244 g/mol. The number of hydrogen-bond donors (Lipinski definition) is 1. The number of aryl methyl sites for hydroxylation is 2. The van der Waals surface area contributed by atoms with Gasteiger partial charge in [0, 0.05) is 18.7 Å². The van der Waals surface area contributed by atoms with Crippen molar-refractivity contribution in [3.63, 3.8) is 0 Å². The van der Waals surface area contributed by atoms with Crippen LogP contribution < -0.4 is 0 Å². The van der Waals surface area contributed by atoms with Crippen LogP contribution >= 0.6 is 0 Å². The van der Waals surface area contributed by atoms with Crippen LogP contribution in [-0.4, -0.2) is 21.5 Å². The van der Waals surface area contributed by atoms with Gasteiger partial charge >= 0.3 is 0 Å². The first-order chi connectivity index (χ1) is 8.72. The normalized spacial score (nSPS) is 12.6. The highest BCUT2D eigenvalue weighted by molar-refractivity contribution is 5.26. The number of aromatic nitrogens is 2. The largest absolute Gasteiger partial charge is 0.396 e. The SMILES string of the molecule is CCn1cc(CC(CO)c2ccc(C)cc2)cn1. The van der Waals surface area contributed by atoms with Crippen LogP contribution in [0.2, 0.25) is 0 Å². The monoisotopic (exact) mass is 244 g/mol. The van der Waals surface area contributed by atoms with Crippen molar-refractivity contribution in [1.29, 1.82) is 0 Å². The Bertz CT molecular complexity index is 487. The maximum Gasteiger partial charge on any atom is 0.0521 e. The number of hydrogen-bond acceptors (Lipinski definition) is 2. The fraction of sp³-hybridized carbons (Fsp3) is 0.400. The molecule has 3 heteroatoms. The summed E-state index contributed by atoms with van der Waals surface area (Å²) in [6, 6.07) is 8.38. The lowest BCUT2D eigenvalue weighted by atomic mass is 9.93. The molecule has 0 fully saturated rings. The Balaban J connectivity index is 2.11. The van der Waals surface area contributed by atoms with Gasteiger partial charge in [0.1, 0.15) is 0 Å². The molecule has 0 bridgehead atoms. The molecule has 2 aromatic rings. The molecule has 0 aliphatic carbocycles. The molecule has 0 spiro atoms. The summed E-state index contributed by atoms with van der Waals surface area (Å²) in [5, 5.41) is 13.8. The lowest BCUT2D eigenvalue weighted by molar-refractivity contribution is 0.264. The molecule has 0 radical (unpaired) electrons. The first kappa shape index (κ1) is 12.8. The van der Waals surface area contributed by atoms with Crippen LogP contribution in [0.25, 0.3) is 0 Å². The van der Waals surface area contributed by atoms with Gasteiger partial charge in [0.2, 0.25) is 0 Å². The van der Waals surface area contributed by atoms with Gasteiger partial charge in [-0.1, -0.05) is 29.8 Å². The minimum atomic E-state index is 0.153. The van der Waals surface area contributed by atoms with Crippen molar-refractivity contribution < 1.29 is 5.11 Å². The third-order valence-electron chi connectivity index (χ3n) is 3.26. The summed E-state index contributed by atoms with van der Waals surface area (Å²) in [7, 11) is 0. The number of aliphatic hydroxyl groups is 1. The minimum Gasteiger partial charge on any atom is -0.396 e. The molecule has 1 N–H and O–H groups in total. The molecular weight excluding hydrogens is 224 g/mol. The summed E-state index contributed by atoms with van der Waals surface area (Å²) >= 11 is 0. The summed E-state index contributed by atoms with van der Waals surface area (Å²) in [5.41, 5.74) is 3.61. The second kappa shape index (κ2) is 5.83. The van der Waals surface area contributed by atoms with Crippen molar-refractivity contribution in [2.45, 2.75) is 32.7 Å². The third kappa shape index (κ3) is 2.99. The van der Waals surface area contributed by atoms with Crippen molar-refractivity contribution in [1.82, 2.24) is 9.78 Å². The molecule has 2 rings (SSSR count). The van der Waals surface area contributed by atoms with Crippen LogP contribution in [0.4, 0.5) is 0 Å². The van der Waals surface area contributed by atoms with E-state index in [4.69, 9.17) is 0 Å². The molecule has 0 aliphatic rings. The van der Waals surface area contributed by atoms with Crippen molar-refractivity contribution >= 4 is 0 Å².